The Morgan fingerprint density at radius 2 is 1.48 bits per heavy atom. The van der Waals surface area contributed by atoms with Crippen molar-refractivity contribution in [2.75, 3.05) is 0 Å². The molecule has 0 saturated carbocycles. The molecule has 1 aromatic heterocycles. The molecule has 31 heavy (non-hydrogen) atoms. The number of aromatic nitrogens is 1. The number of para-hydroxylation sites is 1. The lowest BCUT2D eigenvalue weighted by Crippen LogP contribution is -2.02. The molecule has 1 heterocycles. The van der Waals surface area contributed by atoms with E-state index in [9.17, 15) is 14.4 Å². The smallest absolute Gasteiger partial charge is 0.321 e. The van der Waals surface area contributed by atoms with Gasteiger partial charge in [0.1, 0.15) is 0 Å². The lowest BCUT2D eigenvalue weighted by molar-refractivity contribution is 0.387. The maximum absolute atomic E-state index is 11.5. The quantitative estimate of drug-likeness (QED) is 0.356. The number of rotatable bonds is 4. The summed E-state index contributed by atoms with van der Waals surface area (Å²) in [7, 11) is -4.24. The van der Waals surface area contributed by atoms with Crippen molar-refractivity contribution in [2.45, 2.75) is 13.3 Å². The first kappa shape index (κ1) is 19.8. The highest BCUT2D eigenvalue weighted by Gasteiger charge is 2.17. The minimum atomic E-state index is -4.24. The first-order valence-corrected chi connectivity index (χ1v) is 11.9. The molecule has 0 atom stereocenters. The average Bonchev–Trinajstić information content (AvgIpc) is 3.12. The molecule has 0 radical (unpaired) electrons. The van der Waals surface area contributed by atoms with Crippen LogP contribution in [0.4, 0.5) is 0 Å². The summed E-state index contributed by atoms with van der Waals surface area (Å²) in [5.41, 5.74) is 6.58. The second-order valence-electron chi connectivity index (χ2n) is 7.70. The van der Waals surface area contributed by atoms with Crippen LogP contribution >= 0.6 is 7.60 Å². The Morgan fingerprint density at radius 3 is 2.23 bits per heavy atom. The van der Waals surface area contributed by atoms with Crippen LogP contribution in [-0.2, 0) is 11.0 Å². The van der Waals surface area contributed by atoms with Gasteiger partial charge in [0.25, 0.3) is 0 Å². The normalized spacial score (nSPS) is 12.0. The van der Waals surface area contributed by atoms with Crippen molar-refractivity contribution in [2.24, 2.45) is 0 Å². The van der Waals surface area contributed by atoms with Crippen LogP contribution in [0.1, 0.15) is 12.5 Å². The number of benzene rings is 4. The van der Waals surface area contributed by atoms with E-state index in [1.807, 2.05) is 12.1 Å². The summed E-state index contributed by atoms with van der Waals surface area (Å²) < 4.78 is 13.8. The number of aryl methyl sites for hydroxylation is 1. The minimum Gasteiger partial charge on any atom is -0.321 e. The van der Waals surface area contributed by atoms with Gasteiger partial charge in [-0.1, -0.05) is 55.5 Å². The van der Waals surface area contributed by atoms with Crippen molar-refractivity contribution in [1.29, 1.82) is 0 Å². The molecule has 0 amide bonds. The van der Waals surface area contributed by atoms with E-state index < -0.39 is 7.60 Å². The summed E-state index contributed by atoms with van der Waals surface area (Å²) >= 11 is 0. The molecule has 0 bridgehead atoms. The van der Waals surface area contributed by atoms with E-state index in [-0.39, 0.29) is 5.30 Å². The maximum Gasteiger partial charge on any atom is 0.356 e. The van der Waals surface area contributed by atoms with E-state index in [1.165, 1.54) is 28.5 Å². The fourth-order valence-electron chi connectivity index (χ4n) is 4.19. The van der Waals surface area contributed by atoms with Gasteiger partial charge in [0.15, 0.2) is 0 Å². The van der Waals surface area contributed by atoms with E-state index in [2.05, 4.69) is 66.1 Å². The van der Waals surface area contributed by atoms with Crippen LogP contribution in [0.15, 0.2) is 91.0 Å². The van der Waals surface area contributed by atoms with Crippen LogP contribution in [0.3, 0.4) is 0 Å². The molecule has 0 aliphatic rings. The highest BCUT2D eigenvalue weighted by atomic mass is 31.2. The van der Waals surface area contributed by atoms with Gasteiger partial charge in [0.05, 0.1) is 16.3 Å². The standard InChI is InChI=1S/C26H22NO3P/c1-2-18-10-15-26-24(16-18)23-8-3-4-9-25(23)27(26)21-7-5-6-20(17-21)19-11-13-22(14-12-19)31(28,29)30/h3-17H,2H2,1H3,(H2,28,29,30). The first-order valence-electron chi connectivity index (χ1n) is 10.2. The molecule has 2 N–H and O–H groups in total. The number of nitrogens with zero attached hydrogens (tertiary/aromatic N) is 1. The van der Waals surface area contributed by atoms with Crippen LogP contribution in [0.2, 0.25) is 0 Å². The molecule has 0 aliphatic heterocycles. The van der Waals surface area contributed by atoms with Gasteiger partial charge in [-0.05, 0) is 65.6 Å². The monoisotopic (exact) mass is 427 g/mol. The largest absolute Gasteiger partial charge is 0.356 e. The summed E-state index contributed by atoms with van der Waals surface area (Å²) in [5.74, 6) is 0. The first-order chi connectivity index (χ1) is 15.0. The zero-order valence-electron chi connectivity index (χ0n) is 17.1. The third-order valence-corrected chi connectivity index (χ3v) is 6.76. The van der Waals surface area contributed by atoms with Crippen LogP contribution in [0.25, 0.3) is 38.6 Å². The van der Waals surface area contributed by atoms with Crippen LogP contribution in [0, 0.1) is 0 Å². The van der Waals surface area contributed by atoms with Gasteiger partial charge in [-0.15, -0.1) is 0 Å². The zero-order valence-corrected chi connectivity index (χ0v) is 18.0. The number of hydrogen-bond acceptors (Lipinski definition) is 1. The van der Waals surface area contributed by atoms with E-state index in [0.29, 0.717) is 0 Å². The van der Waals surface area contributed by atoms with Crippen LogP contribution in [-0.4, -0.2) is 14.4 Å². The van der Waals surface area contributed by atoms with Crippen molar-refractivity contribution in [3.05, 3.63) is 96.6 Å². The predicted molar refractivity (Wildman–Crippen MR) is 127 cm³/mol. The molecule has 154 valence electrons. The highest BCUT2D eigenvalue weighted by Crippen LogP contribution is 2.35. The predicted octanol–water partition coefficient (Wildman–Crippen LogP) is 5.82. The number of hydrogen-bond donors (Lipinski definition) is 2. The van der Waals surface area contributed by atoms with Gasteiger partial charge in [-0.25, -0.2) is 0 Å². The topological polar surface area (TPSA) is 62.5 Å². The Morgan fingerprint density at radius 1 is 0.742 bits per heavy atom. The van der Waals surface area contributed by atoms with E-state index in [0.717, 1.165) is 34.3 Å². The van der Waals surface area contributed by atoms with Crippen molar-refractivity contribution >= 4 is 34.7 Å². The van der Waals surface area contributed by atoms with Gasteiger partial charge >= 0.3 is 7.60 Å². The molecule has 0 aliphatic carbocycles. The molecule has 0 spiro atoms. The van der Waals surface area contributed by atoms with Crippen LogP contribution in [0.5, 0.6) is 0 Å². The third-order valence-electron chi connectivity index (χ3n) is 5.79. The lowest BCUT2D eigenvalue weighted by atomic mass is 10.1. The van der Waals surface area contributed by atoms with Gasteiger partial charge in [0, 0.05) is 16.5 Å². The molecule has 0 saturated heterocycles. The molecule has 0 fully saturated rings. The average molecular weight is 427 g/mol. The fraction of sp³-hybridized carbons (Fsp3) is 0.0769. The van der Waals surface area contributed by atoms with Crippen molar-refractivity contribution in [3.8, 4) is 16.8 Å². The molecule has 4 aromatic carbocycles. The molecule has 5 aromatic rings. The Bertz CT molecular complexity index is 1460. The SMILES string of the molecule is CCc1ccc2c(c1)c1ccccc1n2-c1cccc(-c2ccc(P(=O)(O)O)cc2)c1. The Balaban J connectivity index is 1.69. The van der Waals surface area contributed by atoms with E-state index >= 15 is 0 Å². The lowest BCUT2D eigenvalue weighted by Gasteiger charge is -2.11. The summed E-state index contributed by atoms with van der Waals surface area (Å²) in [6.07, 6.45) is 0.996. The third kappa shape index (κ3) is 3.49. The second-order valence-corrected chi connectivity index (χ2v) is 9.30. The summed E-state index contributed by atoms with van der Waals surface area (Å²) in [6.45, 7) is 2.17. The van der Waals surface area contributed by atoms with E-state index in [4.69, 9.17) is 0 Å². The van der Waals surface area contributed by atoms with Gasteiger partial charge < -0.3 is 14.4 Å². The second kappa shape index (κ2) is 7.51. The van der Waals surface area contributed by atoms with Crippen molar-refractivity contribution in [3.63, 3.8) is 0 Å². The summed E-state index contributed by atoms with van der Waals surface area (Å²) in [6, 6.07) is 29.8. The summed E-state index contributed by atoms with van der Waals surface area (Å²) in [4.78, 5) is 18.7. The summed E-state index contributed by atoms with van der Waals surface area (Å²) in [5, 5.41) is 2.50. The Kier molecular flexibility index (Phi) is 4.79. The zero-order chi connectivity index (χ0) is 21.6. The number of fused-ring (bicyclic) bond motifs is 3. The van der Waals surface area contributed by atoms with Crippen molar-refractivity contribution < 1.29 is 14.4 Å². The van der Waals surface area contributed by atoms with Gasteiger partial charge in [0.2, 0.25) is 0 Å². The minimum absolute atomic E-state index is 0.0292. The maximum atomic E-state index is 11.5. The van der Waals surface area contributed by atoms with Crippen molar-refractivity contribution in [1.82, 2.24) is 4.57 Å². The Labute approximate surface area is 180 Å². The molecule has 5 heteroatoms. The molecule has 4 nitrogen and oxygen atoms in total. The molecule has 0 unspecified atom stereocenters. The van der Waals surface area contributed by atoms with E-state index in [1.54, 1.807) is 12.1 Å². The molecular formula is C26H22NO3P. The van der Waals surface area contributed by atoms with Gasteiger partial charge in [-0.2, -0.15) is 0 Å². The molecule has 5 rings (SSSR count). The fourth-order valence-corrected chi connectivity index (χ4v) is 4.73. The highest BCUT2D eigenvalue weighted by molar-refractivity contribution is 7.60. The Hall–Kier alpha value is -3.17. The van der Waals surface area contributed by atoms with Crippen LogP contribution < -0.4 is 5.30 Å². The van der Waals surface area contributed by atoms with Gasteiger partial charge in [-0.3, -0.25) is 4.57 Å². The molecular weight excluding hydrogens is 405 g/mol.